The molecule has 0 fully saturated rings. The van der Waals surface area contributed by atoms with Gasteiger partial charge in [0.1, 0.15) is 5.75 Å². The van der Waals surface area contributed by atoms with Gasteiger partial charge in [-0.25, -0.2) is 8.42 Å². The maximum absolute atomic E-state index is 12.6. The number of carbonyl (C=O) groups excluding carboxylic acids is 2. The van der Waals surface area contributed by atoms with Crippen LogP contribution in [0.4, 0.5) is 11.4 Å². The summed E-state index contributed by atoms with van der Waals surface area (Å²) in [5, 5.41) is 5.22. The normalized spacial score (nSPS) is 11.1. The number of methoxy groups -OCH3 is 1. The summed E-state index contributed by atoms with van der Waals surface area (Å²) in [6, 6.07) is 12.5. The molecular weight excluding hydrogens is 370 g/mol. The summed E-state index contributed by atoms with van der Waals surface area (Å²) in [7, 11) is -1.00. The van der Waals surface area contributed by atoms with E-state index in [2.05, 4.69) is 10.6 Å². The number of likely N-dealkylation sites (N-methyl/N-ethyl adjacent to an activating group) is 1. The smallest absolute Gasteiger partial charge is 0.243 e. The summed E-state index contributed by atoms with van der Waals surface area (Å²) >= 11 is 0. The zero-order valence-electron chi connectivity index (χ0n) is 15.2. The van der Waals surface area contributed by atoms with E-state index in [4.69, 9.17) is 4.74 Å². The third-order valence-corrected chi connectivity index (χ3v) is 5.42. The molecule has 0 bridgehead atoms. The van der Waals surface area contributed by atoms with Crippen molar-refractivity contribution >= 4 is 33.2 Å². The fourth-order valence-electron chi connectivity index (χ4n) is 2.29. The summed E-state index contributed by atoms with van der Waals surface area (Å²) in [5.74, 6) is -0.202. The molecule has 0 heterocycles. The van der Waals surface area contributed by atoms with Gasteiger partial charge in [-0.3, -0.25) is 9.59 Å². The molecule has 27 heavy (non-hydrogen) atoms. The van der Waals surface area contributed by atoms with Crippen molar-refractivity contribution in [2.75, 3.05) is 31.3 Å². The van der Waals surface area contributed by atoms with Crippen LogP contribution in [-0.4, -0.2) is 45.2 Å². The van der Waals surface area contributed by atoms with E-state index in [0.29, 0.717) is 17.1 Å². The molecule has 0 aromatic heterocycles. The molecule has 2 rings (SSSR count). The van der Waals surface area contributed by atoms with Crippen LogP contribution in [0.25, 0.3) is 0 Å². The predicted octanol–water partition coefficient (Wildman–Crippen LogP) is 1.91. The lowest BCUT2D eigenvalue weighted by molar-refractivity contribution is -0.116. The lowest BCUT2D eigenvalue weighted by Gasteiger charge is -2.17. The highest BCUT2D eigenvalue weighted by Gasteiger charge is 2.23. The molecule has 2 N–H and O–H groups in total. The second kappa shape index (κ2) is 8.65. The fraction of sp³-hybridized carbons (Fsp3) is 0.222. The van der Waals surface area contributed by atoms with E-state index in [1.807, 2.05) is 0 Å². The molecule has 0 aliphatic rings. The average Bonchev–Trinajstić information content (AvgIpc) is 2.61. The number of sulfonamides is 1. The first-order chi connectivity index (χ1) is 12.7. The monoisotopic (exact) mass is 391 g/mol. The second-order valence-corrected chi connectivity index (χ2v) is 7.79. The Kier molecular flexibility index (Phi) is 6.54. The van der Waals surface area contributed by atoms with Gasteiger partial charge in [0.2, 0.25) is 21.8 Å². The van der Waals surface area contributed by atoms with Crippen molar-refractivity contribution in [3.05, 3.63) is 48.5 Å². The molecule has 9 heteroatoms. The van der Waals surface area contributed by atoms with Crippen LogP contribution in [-0.2, 0) is 19.6 Å². The SMILES string of the molecule is COc1ccc(S(=O)(=O)N(C)CC(=O)Nc2cccc(NC(C)=O)c2)cc1. The summed E-state index contributed by atoms with van der Waals surface area (Å²) in [4.78, 5) is 23.4. The number of rotatable bonds is 7. The Bertz CT molecular complexity index is 926. The Morgan fingerprint density at radius 3 is 2.19 bits per heavy atom. The molecule has 0 saturated carbocycles. The van der Waals surface area contributed by atoms with E-state index in [1.165, 1.54) is 45.3 Å². The molecule has 2 amide bonds. The summed E-state index contributed by atoms with van der Waals surface area (Å²) in [6.45, 7) is 1.02. The van der Waals surface area contributed by atoms with E-state index in [1.54, 1.807) is 24.3 Å². The zero-order chi connectivity index (χ0) is 20.0. The number of hydrogen-bond acceptors (Lipinski definition) is 5. The molecule has 0 unspecified atom stereocenters. The minimum Gasteiger partial charge on any atom is -0.497 e. The van der Waals surface area contributed by atoms with Crippen LogP contribution in [0.5, 0.6) is 5.75 Å². The Morgan fingerprint density at radius 2 is 1.63 bits per heavy atom. The van der Waals surface area contributed by atoms with E-state index in [-0.39, 0.29) is 17.3 Å². The van der Waals surface area contributed by atoms with Gasteiger partial charge in [0.05, 0.1) is 18.6 Å². The second-order valence-electron chi connectivity index (χ2n) is 5.75. The Morgan fingerprint density at radius 1 is 1.04 bits per heavy atom. The first-order valence-electron chi connectivity index (χ1n) is 8.00. The topological polar surface area (TPSA) is 105 Å². The van der Waals surface area contributed by atoms with Gasteiger partial charge in [-0.1, -0.05) is 6.07 Å². The van der Waals surface area contributed by atoms with Gasteiger partial charge in [0.25, 0.3) is 0 Å². The van der Waals surface area contributed by atoms with Crippen LogP contribution in [0.3, 0.4) is 0 Å². The van der Waals surface area contributed by atoms with Gasteiger partial charge in [0.15, 0.2) is 0 Å². The van der Waals surface area contributed by atoms with Crippen molar-refractivity contribution in [1.29, 1.82) is 0 Å². The largest absolute Gasteiger partial charge is 0.497 e. The fourth-order valence-corrected chi connectivity index (χ4v) is 3.42. The molecule has 8 nitrogen and oxygen atoms in total. The molecule has 0 radical (unpaired) electrons. The van der Waals surface area contributed by atoms with Gasteiger partial charge in [-0.2, -0.15) is 4.31 Å². The molecule has 144 valence electrons. The first kappa shape index (κ1) is 20.4. The summed E-state index contributed by atoms with van der Waals surface area (Å²) in [6.07, 6.45) is 0. The quantitative estimate of drug-likeness (QED) is 0.750. The van der Waals surface area contributed by atoms with Gasteiger partial charge < -0.3 is 15.4 Å². The first-order valence-corrected chi connectivity index (χ1v) is 9.44. The van der Waals surface area contributed by atoms with Crippen LogP contribution < -0.4 is 15.4 Å². The van der Waals surface area contributed by atoms with Gasteiger partial charge in [-0.15, -0.1) is 0 Å². The molecular formula is C18H21N3O5S. The van der Waals surface area contributed by atoms with Crippen molar-refractivity contribution in [2.45, 2.75) is 11.8 Å². The van der Waals surface area contributed by atoms with Crippen molar-refractivity contribution in [2.24, 2.45) is 0 Å². The number of anilines is 2. The third kappa shape index (κ3) is 5.53. The summed E-state index contributed by atoms with van der Waals surface area (Å²) in [5.41, 5.74) is 0.973. The highest BCUT2D eigenvalue weighted by molar-refractivity contribution is 7.89. The summed E-state index contributed by atoms with van der Waals surface area (Å²) < 4.78 is 31.1. The number of amides is 2. The van der Waals surface area contributed by atoms with E-state index >= 15 is 0 Å². The Labute approximate surface area is 158 Å². The molecule has 0 saturated heterocycles. The van der Waals surface area contributed by atoms with Crippen LogP contribution in [0, 0.1) is 0 Å². The van der Waals surface area contributed by atoms with Crippen LogP contribution in [0.2, 0.25) is 0 Å². The molecule has 0 aliphatic heterocycles. The lowest BCUT2D eigenvalue weighted by Crippen LogP contribution is -2.34. The minimum atomic E-state index is -3.82. The van der Waals surface area contributed by atoms with Crippen molar-refractivity contribution in [1.82, 2.24) is 4.31 Å². The molecule has 2 aromatic rings. The van der Waals surface area contributed by atoms with E-state index < -0.39 is 15.9 Å². The predicted molar refractivity (Wildman–Crippen MR) is 102 cm³/mol. The van der Waals surface area contributed by atoms with Crippen LogP contribution >= 0.6 is 0 Å². The van der Waals surface area contributed by atoms with Crippen LogP contribution in [0.1, 0.15) is 6.92 Å². The van der Waals surface area contributed by atoms with Crippen molar-refractivity contribution in [3.63, 3.8) is 0 Å². The standard InChI is InChI=1S/C18H21N3O5S/c1-13(22)19-14-5-4-6-15(11-14)20-18(23)12-21(2)27(24,25)17-9-7-16(26-3)8-10-17/h4-11H,12H2,1-3H3,(H,19,22)(H,20,23). The Hall–Kier alpha value is -2.91. The average molecular weight is 391 g/mol. The van der Waals surface area contributed by atoms with Crippen molar-refractivity contribution < 1.29 is 22.7 Å². The maximum Gasteiger partial charge on any atom is 0.243 e. The van der Waals surface area contributed by atoms with E-state index in [0.717, 1.165) is 4.31 Å². The third-order valence-electron chi connectivity index (χ3n) is 3.60. The van der Waals surface area contributed by atoms with Gasteiger partial charge in [-0.05, 0) is 42.5 Å². The van der Waals surface area contributed by atoms with Gasteiger partial charge in [0, 0.05) is 25.3 Å². The van der Waals surface area contributed by atoms with Gasteiger partial charge >= 0.3 is 0 Å². The number of nitrogens with zero attached hydrogens (tertiary/aromatic N) is 1. The highest BCUT2D eigenvalue weighted by Crippen LogP contribution is 2.19. The van der Waals surface area contributed by atoms with Crippen LogP contribution in [0.15, 0.2) is 53.4 Å². The molecule has 2 aromatic carbocycles. The minimum absolute atomic E-state index is 0.0613. The number of benzene rings is 2. The molecule has 0 atom stereocenters. The maximum atomic E-state index is 12.6. The highest BCUT2D eigenvalue weighted by atomic mass is 32.2. The number of hydrogen-bond donors (Lipinski definition) is 2. The zero-order valence-corrected chi connectivity index (χ0v) is 16.0. The molecule has 0 aliphatic carbocycles. The number of carbonyl (C=O) groups is 2. The molecule has 0 spiro atoms. The number of ether oxygens (including phenoxy) is 1. The lowest BCUT2D eigenvalue weighted by atomic mass is 10.2. The number of nitrogens with one attached hydrogen (secondary N) is 2. The Balaban J connectivity index is 2.04. The van der Waals surface area contributed by atoms with Crippen molar-refractivity contribution in [3.8, 4) is 5.75 Å². The van der Waals surface area contributed by atoms with E-state index in [9.17, 15) is 18.0 Å².